The molecule has 0 saturated carbocycles. The van der Waals surface area contributed by atoms with E-state index in [1.807, 2.05) is 0 Å². The second-order valence-corrected chi connectivity index (χ2v) is 4.06. The second-order valence-electron chi connectivity index (χ2n) is 2.32. The maximum atomic E-state index is 11.1. The predicted molar refractivity (Wildman–Crippen MR) is 61.3 cm³/mol. The molecule has 76 valence electrons. The van der Waals surface area contributed by atoms with Gasteiger partial charge in [-0.2, -0.15) is 25.3 Å². The zero-order chi connectivity index (χ0) is 10.4. The van der Waals surface area contributed by atoms with Crippen molar-refractivity contribution in [3.05, 3.63) is 0 Å². The molecular weight excluding hydrogens is 228 g/mol. The van der Waals surface area contributed by atoms with Gasteiger partial charge in [0.25, 0.3) is 0 Å². The van der Waals surface area contributed by atoms with Crippen LogP contribution in [0.4, 0.5) is 0 Å². The lowest BCUT2D eigenvalue weighted by Crippen LogP contribution is -2.35. The summed E-state index contributed by atoms with van der Waals surface area (Å²) in [6, 6.07) is -1.44. The third kappa shape index (κ3) is 4.92. The van der Waals surface area contributed by atoms with Gasteiger partial charge in [0.05, 0.1) is 12.1 Å². The molecule has 0 bridgehead atoms. The fraction of sp³-hybridized carbons (Fsp3) is 0.667. The van der Waals surface area contributed by atoms with E-state index in [1.54, 1.807) is 0 Å². The molecule has 2 atom stereocenters. The SMILES string of the molecule is N[C@@H](CS)C(=O)SC(=O)[C@@H](N)CS. The summed E-state index contributed by atoms with van der Waals surface area (Å²) in [5, 5.41) is -0.811. The highest BCUT2D eigenvalue weighted by Crippen LogP contribution is 2.09. The van der Waals surface area contributed by atoms with Crippen LogP contribution >= 0.6 is 37.0 Å². The van der Waals surface area contributed by atoms with Crippen molar-refractivity contribution < 1.29 is 9.59 Å². The lowest BCUT2D eigenvalue weighted by atomic mass is 10.4. The van der Waals surface area contributed by atoms with Gasteiger partial charge in [0, 0.05) is 11.5 Å². The van der Waals surface area contributed by atoms with Crippen molar-refractivity contribution in [2.75, 3.05) is 11.5 Å². The summed E-state index contributed by atoms with van der Waals surface area (Å²) in [6.45, 7) is 0. The van der Waals surface area contributed by atoms with Crippen molar-refractivity contribution in [3.8, 4) is 0 Å². The fourth-order valence-electron chi connectivity index (χ4n) is 0.400. The Hall–Kier alpha value is 0.310. The highest BCUT2D eigenvalue weighted by atomic mass is 32.2. The van der Waals surface area contributed by atoms with Gasteiger partial charge in [0.1, 0.15) is 0 Å². The standard InChI is InChI=1S/C6H12N2O2S3/c7-3(1-11)5(9)13-6(10)4(8)2-12/h3-4,11-12H,1-2,7-8H2/t3-,4-/m0/s1. The number of hydrogen-bond acceptors (Lipinski definition) is 7. The van der Waals surface area contributed by atoms with E-state index in [0.29, 0.717) is 11.8 Å². The summed E-state index contributed by atoms with van der Waals surface area (Å²) >= 11 is 8.21. The number of nitrogens with two attached hydrogens (primary N) is 2. The lowest BCUT2D eigenvalue weighted by Gasteiger charge is -2.08. The van der Waals surface area contributed by atoms with Crippen molar-refractivity contribution in [2.24, 2.45) is 11.5 Å². The van der Waals surface area contributed by atoms with Crippen LogP contribution in [0.15, 0.2) is 0 Å². The Morgan fingerprint density at radius 1 is 1.08 bits per heavy atom. The maximum Gasteiger partial charge on any atom is 0.214 e. The highest BCUT2D eigenvalue weighted by Gasteiger charge is 2.20. The normalized spacial score (nSPS) is 15.1. The van der Waals surface area contributed by atoms with Crippen molar-refractivity contribution in [2.45, 2.75) is 12.1 Å². The molecule has 0 amide bonds. The predicted octanol–water partition coefficient (Wildman–Crippen LogP) is -0.713. The first kappa shape index (κ1) is 13.3. The Bertz CT molecular complexity index is 180. The van der Waals surface area contributed by atoms with Crippen LogP contribution in [-0.2, 0) is 9.59 Å². The van der Waals surface area contributed by atoms with Gasteiger partial charge in [-0.15, -0.1) is 0 Å². The van der Waals surface area contributed by atoms with Crippen molar-refractivity contribution >= 4 is 47.3 Å². The van der Waals surface area contributed by atoms with Crippen LogP contribution in [0.3, 0.4) is 0 Å². The minimum atomic E-state index is -0.718. The first-order valence-electron chi connectivity index (χ1n) is 3.51. The summed E-state index contributed by atoms with van der Waals surface area (Å²) in [6.07, 6.45) is 0. The van der Waals surface area contributed by atoms with Crippen LogP contribution in [-0.4, -0.2) is 33.8 Å². The van der Waals surface area contributed by atoms with Crippen LogP contribution < -0.4 is 11.5 Å². The molecule has 0 aromatic rings. The van der Waals surface area contributed by atoms with E-state index < -0.39 is 22.3 Å². The first-order valence-corrected chi connectivity index (χ1v) is 5.59. The second kappa shape index (κ2) is 6.72. The number of carbonyl (C=O) groups is 2. The van der Waals surface area contributed by atoms with Gasteiger partial charge in [-0.05, 0) is 11.8 Å². The lowest BCUT2D eigenvalue weighted by molar-refractivity contribution is -0.113. The molecule has 4 nitrogen and oxygen atoms in total. The van der Waals surface area contributed by atoms with Crippen LogP contribution in [0.5, 0.6) is 0 Å². The molecule has 0 aliphatic carbocycles. The molecule has 0 spiro atoms. The molecule has 0 saturated heterocycles. The smallest absolute Gasteiger partial charge is 0.214 e. The number of rotatable bonds is 4. The average molecular weight is 240 g/mol. The Labute approximate surface area is 92.0 Å². The average Bonchev–Trinajstić information content (AvgIpc) is 2.14. The van der Waals surface area contributed by atoms with E-state index in [0.717, 1.165) is 0 Å². The van der Waals surface area contributed by atoms with Crippen LogP contribution in [0.2, 0.25) is 0 Å². The molecule has 4 N–H and O–H groups in total. The minimum Gasteiger partial charge on any atom is -0.320 e. The van der Waals surface area contributed by atoms with E-state index in [1.165, 1.54) is 0 Å². The Kier molecular flexibility index (Phi) is 6.88. The Morgan fingerprint density at radius 3 is 1.62 bits per heavy atom. The zero-order valence-electron chi connectivity index (χ0n) is 6.84. The molecule has 13 heavy (non-hydrogen) atoms. The van der Waals surface area contributed by atoms with Gasteiger partial charge in [-0.25, -0.2) is 0 Å². The first-order chi connectivity index (χ1) is 6.02. The van der Waals surface area contributed by atoms with Crippen molar-refractivity contribution in [1.82, 2.24) is 0 Å². The van der Waals surface area contributed by atoms with E-state index in [2.05, 4.69) is 25.3 Å². The van der Waals surface area contributed by atoms with Crippen molar-refractivity contribution in [1.29, 1.82) is 0 Å². The molecule has 0 aromatic heterocycles. The molecule has 7 heteroatoms. The minimum absolute atomic E-state index is 0.217. The third-order valence-electron chi connectivity index (χ3n) is 1.20. The Balaban J connectivity index is 3.99. The Morgan fingerprint density at radius 2 is 1.38 bits per heavy atom. The van der Waals surface area contributed by atoms with Gasteiger partial charge in [-0.1, -0.05) is 0 Å². The van der Waals surface area contributed by atoms with Crippen LogP contribution in [0.1, 0.15) is 0 Å². The summed E-state index contributed by atoms with van der Waals surface area (Å²) in [4.78, 5) is 22.2. The molecular formula is C6H12N2O2S3. The monoisotopic (exact) mass is 240 g/mol. The third-order valence-corrected chi connectivity index (χ3v) is 2.99. The zero-order valence-corrected chi connectivity index (χ0v) is 9.45. The molecule has 0 fully saturated rings. The molecule has 0 unspecified atom stereocenters. The molecule has 0 aliphatic heterocycles. The topological polar surface area (TPSA) is 86.2 Å². The van der Waals surface area contributed by atoms with Gasteiger partial charge < -0.3 is 11.5 Å². The quantitative estimate of drug-likeness (QED) is 0.488. The number of carbonyl (C=O) groups excluding carboxylic acids is 2. The molecule has 0 aromatic carbocycles. The molecule has 0 radical (unpaired) electrons. The van der Waals surface area contributed by atoms with E-state index in [9.17, 15) is 9.59 Å². The van der Waals surface area contributed by atoms with Gasteiger partial charge in [0.2, 0.25) is 10.2 Å². The van der Waals surface area contributed by atoms with Crippen LogP contribution in [0.25, 0.3) is 0 Å². The summed E-state index contributed by atoms with van der Waals surface area (Å²) in [7, 11) is 0. The van der Waals surface area contributed by atoms with Crippen molar-refractivity contribution in [3.63, 3.8) is 0 Å². The maximum absolute atomic E-state index is 11.1. The van der Waals surface area contributed by atoms with E-state index >= 15 is 0 Å². The number of thioether (sulfide) groups is 1. The van der Waals surface area contributed by atoms with E-state index in [4.69, 9.17) is 11.5 Å². The van der Waals surface area contributed by atoms with Gasteiger partial charge in [0.15, 0.2) is 0 Å². The molecule has 0 rings (SSSR count). The summed E-state index contributed by atoms with van der Waals surface area (Å²) in [5.74, 6) is 0.435. The molecule has 0 aliphatic rings. The summed E-state index contributed by atoms with van der Waals surface area (Å²) in [5.41, 5.74) is 10.7. The largest absolute Gasteiger partial charge is 0.320 e. The fourth-order valence-corrected chi connectivity index (χ4v) is 1.65. The summed E-state index contributed by atoms with van der Waals surface area (Å²) < 4.78 is 0. The van der Waals surface area contributed by atoms with Gasteiger partial charge >= 0.3 is 0 Å². The number of hydrogen-bond donors (Lipinski definition) is 4. The van der Waals surface area contributed by atoms with E-state index in [-0.39, 0.29) is 11.5 Å². The van der Waals surface area contributed by atoms with Gasteiger partial charge in [-0.3, -0.25) is 9.59 Å². The molecule has 0 heterocycles. The van der Waals surface area contributed by atoms with Crippen LogP contribution in [0, 0.1) is 0 Å². The number of thiol groups is 2. The highest BCUT2D eigenvalue weighted by molar-refractivity contribution is 8.26.